The number of hydrogen-bond acceptors (Lipinski definition) is 4. The van der Waals surface area contributed by atoms with Crippen LogP contribution in [0.2, 0.25) is 0 Å². The second-order valence-electron chi connectivity index (χ2n) is 6.21. The van der Waals surface area contributed by atoms with Gasteiger partial charge >= 0.3 is 0 Å². The maximum atomic E-state index is 11.4. The zero-order valence-electron chi connectivity index (χ0n) is 14.9. The van der Waals surface area contributed by atoms with Gasteiger partial charge in [0, 0.05) is 12.0 Å². The van der Waals surface area contributed by atoms with Crippen LogP contribution < -0.4 is 20.9 Å². The number of nitrogens with zero attached hydrogens (tertiary/aromatic N) is 1. The molecule has 0 aliphatic carbocycles. The molecule has 1 aliphatic heterocycles. The van der Waals surface area contributed by atoms with Crippen molar-refractivity contribution in [2.45, 2.75) is 30.8 Å². The number of sulfonamides is 1. The van der Waals surface area contributed by atoms with Gasteiger partial charge in [0.25, 0.3) is 0 Å². The quantitative estimate of drug-likeness (QED) is 0.337. The van der Waals surface area contributed by atoms with Gasteiger partial charge < -0.3 is 15.8 Å². The number of nitrogens with one attached hydrogen (secondary N) is 1. The number of aliphatic imine (C=N–C) groups is 1. The molecule has 1 aliphatic rings. The number of benzene rings is 2. The number of halogens is 1. The van der Waals surface area contributed by atoms with E-state index in [-0.39, 0.29) is 34.9 Å². The molecule has 2 aromatic rings. The third kappa shape index (κ3) is 5.33. The highest BCUT2D eigenvalue weighted by Gasteiger charge is 2.21. The first kappa shape index (κ1) is 21.5. The average molecular weight is 502 g/mol. The van der Waals surface area contributed by atoms with Gasteiger partial charge in [0.15, 0.2) is 5.96 Å². The van der Waals surface area contributed by atoms with Crippen LogP contribution in [0.1, 0.15) is 29.2 Å². The normalized spacial score (nSPS) is 16.7. The fourth-order valence-electron chi connectivity index (χ4n) is 2.91. The molecule has 0 amide bonds. The lowest BCUT2D eigenvalue weighted by molar-refractivity contribution is 0.262. The number of aryl methyl sites for hydroxylation is 1. The maximum absolute atomic E-state index is 11.4. The topological polar surface area (TPSA) is 120 Å². The fourth-order valence-corrected chi connectivity index (χ4v) is 3.51. The number of fused-ring (bicyclic) bond motifs is 1. The van der Waals surface area contributed by atoms with E-state index in [1.807, 2.05) is 31.2 Å². The van der Waals surface area contributed by atoms with Crippen molar-refractivity contribution in [2.75, 3.05) is 6.61 Å². The van der Waals surface area contributed by atoms with Gasteiger partial charge in [-0.05, 0) is 36.2 Å². The Hall–Kier alpha value is -1.85. The van der Waals surface area contributed by atoms with Crippen molar-refractivity contribution in [1.29, 1.82) is 0 Å². The number of ether oxygens (including phenoxy) is 1. The summed E-state index contributed by atoms with van der Waals surface area (Å²) in [5.74, 6) is 1.19. The van der Waals surface area contributed by atoms with E-state index in [1.54, 1.807) is 12.1 Å². The van der Waals surface area contributed by atoms with E-state index in [0.717, 1.165) is 28.9 Å². The minimum absolute atomic E-state index is 0. The number of primary sulfonamides is 1. The summed E-state index contributed by atoms with van der Waals surface area (Å²) >= 11 is 0. The smallest absolute Gasteiger partial charge is 0.238 e. The van der Waals surface area contributed by atoms with E-state index in [1.165, 1.54) is 6.07 Å². The number of nitrogens with two attached hydrogens (primary N) is 2. The van der Waals surface area contributed by atoms with Gasteiger partial charge in [0.2, 0.25) is 10.0 Å². The van der Waals surface area contributed by atoms with Crippen LogP contribution in [0.3, 0.4) is 0 Å². The Labute approximate surface area is 176 Å². The summed E-state index contributed by atoms with van der Waals surface area (Å²) < 4.78 is 28.4. The van der Waals surface area contributed by atoms with Gasteiger partial charge in [-0.1, -0.05) is 24.3 Å². The molecule has 0 bridgehead atoms. The van der Waals surface area contributed by atoms with Crippen LogP contribution in [-0.2, 0) is 16.6 Å². The molecule has 27 heavy (non-hydrogen) atoms. The highest BCUT2D eigenvalue weighted by atomic mass is 127. The third-order valence-corrected chi connectivity index (χ3v) is 5.25. The highest BCUT2D eigenvalue weighted by Crippen LogP contribution is 2.31. The van der Waals surface area contributed by atoms with Crippen molar-refractivity contribution >= 4 is 40.0 Å². The molecule has 9 heteroatoms. The SMILES string of the molecule is Cc1cc(S(N)(=O)=O)ccc1CN=C(N)NC1CCOc2ccccc21.I. The summed E-state index contributed by atoms with van der Waals surface area (Å²) in [5.41, 5.74) is 8.78. The largest absolute Gasteiger partial charge is 0.493 e. The van der Waals surface area contributed by atoms with Crippen LogP contribution in [0, 0.1) is 6.92 Å². The number of hydrogen-bond donors (Lipinski definition) is 3. The van der Waals surface area contributed by atoms with Gasteiger partial charge in [-0.15, -0.1) is 24.0 Å². The molecule has 0 saturated heterocycles. The Morgan fingerprint density at radius 1 is 1.30 bits per heavy atom. The first-order valence-corrected chi connectivity index (χ1v) is 9.80. The molecule has 0 radical (unpaired) electrons. The Morgan fingerprint density at radius 3 is 2.74 bits per heavy atom. The molecule has 1 atom stereocenters. The van der Waals surface area contributed by atoms with Crippen LogP contribution in [0.15, 0.2) is 52.4 Å². The summed E-state index contributed by atoms with van der Waals surface area (Å²) in [7, 11) is -3.71. The van der Waals surface area contributed by atoms with Crippen LogP contribution in [-0.4, -0.2) is 21.0 Å². The van der Waals surface area contributed by atoms with E-state index >= 15 is 0 Å². The van der Waals surface area contributed by atoms with Crippen LogP contribution >= 0.6 is 24.0 Å². The fraction of sp³-hybridized carbons (Fsp3) is 0.278. The summed E-state index contributed by atoms with van der Waals surface area (Å²) in [5, 5.41) is 8.38. The molecule has 3 rings (SSSR count). The zero-order valence-corrected chi connectivity index (χ0v) is 18.0. The van der Waals surface area contributed by atoms with Crippen LogP contribution in [0.5, 0.6) is 5.75 Å². The van der Waals surface area contributed by atoms with Crippen LogP contribution in [0.25, 0.3) is 0 Å². The molecule has 146 valence electrons. The number of rotatable bonds is 4. The van der Waals surface area contributed by atoms with Gasteiger partial charge in [-0.3, -0.25) is 0 Å². The maximum Gasteiger partial charge on any atom is 0.238 e. The molecular formula is C18H23IN4O3S. The predicted molar refractivity (Wildman–Crippen MR) is 116 cm³/mol. The molecule has 0 aromatic heterocycles. The van der Waals surface area contributed by atoms with Gasteiger partial charge in [-0.25, -0.2) is 18.5 Å². The van der Waals surface area contributed by atoms with Crippen molar-refractivity contribution in [3.05, 3.63) is 59.2 Å². The first-order valence-electron chi connectivity index (χ1n) is 8.25. The standard InChI is InChI=1S/C18H22N4O3S.HI/c1-12-10-14(26(20,23)24)7-6-13(12)11-21-18(19)22-16-8-9-25-17-5-3-2-4-15(16)17;/h2-7,10,16H,8-9,11H2,1H3,(H3,19,21,22)(H2,20,23,24);1H. The Kier molecular flexibility index (Phi) is 7.06. The molecule has 1 unspecified atom stereocenters. The number of para-hydroxylation sites is 1. The third-order valence-electron chi connectivity index (χ3n) is 4.34. The van der Waals surface area contributed by atoms with Crippen molar-refractivity contribution in [3.8, 4) is 5.75 Å². The monoisotopic (exact) mass is 502 g/mol. The van der Waals surface area contributed by atoms with E-state index in [4.69, 9.17) is 15.6 Å². The van der Waals surface area contributed by atoms with Crippen molar-refractivity contribution in [2.24, 2.45) is 15.9 Å². The second-order valence-corrected chi connectivity index (χ2v) is 7.77. The molecule has 2 aromatic carbocycles. The van der Waals surface area contributed by atoms with Gasteiger partial charge in [0.05, 0.1) is 24.1 Å². The summed E-state index contributed by atoms with van der Waals surface area (Å²) in [6, 6.07) is 12.6. The molecular weight excluding hydrogens is 479 g/mol. The number of guanidine groups is 1. The van der Waals surface area contributed by atoms with E-state index in [2.05, 4.69) is 10.3 Å². The van der Waals surface area contributed by atoms with E-state index < -0.39 is 10.0 Å². The lowest BCUT2D eigenvalue weighted by Gasteiger charge is -2.26. The molecule has 7 nitrogen and oxygen atoms in total. The van der Waals surface area contributed by atoms with E-state index in [0.29, 0.717) is 19.1 Å². The predicted octanol–water partition coefficient (Wildman–Crippen LogP) is 2.19. The lowest BCUT2D eigenvalue weighted by Crippen LogP contribution is -2.37. The molecule has 5 N–H and O–H groups in total. The second kappa shape index (κ2) is 8.89. The zero-order chi connectivity index (χ0) is 18.7. The van der Waals surface area contributed by atoms with Gasteiger partial charge in [0.1, 0.15) is 5.75 Å². The summed E-state index contributed by atoms with van der Waals surface area (Å²) in [4.78, 5) is 4.47. The van der Waals surface area contributed by atoms with Crippen molar-refractivity contribution in [1.82, 2.24) is 5.32 Å². The minimum atomic E-state index is -3.71. The first-order chi connectivity index (χ1) is 12.3. The Balaban J connectivity index is 0.00000261. The van der Waals surface area contributed by atoms with E-state index in [9.17, 15) is 8.42 Å². The highest BCUT2D eigenvalue weighted by molar-refractivity contribution is 14.0. The van der Waals surface area contributed by atoms with Crippen molar-refractivity contribution < 1.29 is 13.2 Å². The molecule has 1 heterocycles. The molecule has 0 fully saturated rings. The summed E-state index contributed by atoms with van der Waals surface area (Å²) in [6.07, 6.45) is 0.801. The Bertz CT molecular complexity index is 947. The molecule has 0 spiro atoms. The lowest BCUT2D eigenvalue weighted by atomic mass is 10.0. The van der Waals surface area contributed by atoms with Crippen LogP contribution in [0.4, 0.5) is 0 Å². The Morgan fingerprint density at radius 2 is 2.04 bits per heavy atom. The minimum Gasteiger partial charge on any atom is -0.493 e. The summed E-state index contributed by atoms with van der Waals surface area (Å²) in [6.45, 7) is 2.79. The van der Waals surface area contributed by atoms with Gasteiger partial charge in [-0.2, -0.15) is 0 Å². The average Bonchev–Trinajstić information content (AvgIpc) is 2.60. The van der Waals surface area contributed by atoms with Crippen molar-refractivity contribution in [3.63, 3.8) is 0 Å². The molecule has 0 saturated carbocycles.